The van der Waals surface area contributed by atoms with Gasteiger partial charge in [0.25, 0.3) is 5.91 Å². The quantitative estimate of drug-likeness (QED) is 0.762. The van der Waals surface area contributed by atoms with Crippen molar-refractivity contribution in [3.8, 4) is 0 Å². The Bertz CT molecular complexity index is 851. The van der Waals surface area contributed by atoms with Crippen LogP contribution in [0.3, 0.4) is 0 Å². The molecule has 1 fully saturated rings. The average molecular weight is 381 g/mol. The zero-order chi connectivity index (χ0) is 19.0. The molecule has 1 aromatic carbocycles. The van der Waals surface area contributed by atoms with E-state index in [2.05, 4.69) is 10.3 Å². The third-order valence-corrected chi connectivity index (χ3v) is 5.23. The highest BCUT2D eigenvalue weighted by atomic mass is 35.5. The SMILES string of the molecule is CN(C)C(=O)[C@H]1CC[C@H](NC(=O)c2cc3c(F)c(Cl)ccc3[nH]2)[C@@H](N)C1. The summed E-state index contributed by atoms with van der Waals surface area (Å²) in [5, 5.41) is 3.17. The minimum Gasteiger partial charge on any atom is -0.350 e. The van der Waals surface area contributed by atoms with Gasteiger partial charge in [0, 0.05) is 43.0 Å². The molecule has 2 amide bonds. The van der Waals surface area contributed by atoms with Gasteiger partial charge in [-0.05, 0) is 37.5 Å². The second-order valence-electron chi connectivity index (χ2n) is 6.99. The van der Waals surface area contributed by atoms with Gasteiger partial charge in [-0.1, -0.05) is 11.6 Å². The molecule has 140 valence electrons. The number of hydrogen-bond donors (Lipinski definition) is 3. The number of benzene rings is 1. The number of halogens is 2. The maximum atomic E-state index is 14.0. The van der Waals surface area contributed by atoms with Crippen molar-refractivity contribution >= 4 is 34.3 Å². The van der Waals surface area contributed by atoms with Crippen LogP contribution in [-0.2, 0) is 4.79 Å². The Labute approximate surface area is 155 Å². The minimum atomic E-state index is -0.557. The van der Waals surface area contributed by atoms with Crippen molar-refractivity contribution < 1.29 is 14.0 Å². The molecule has 1 aliphatic rings. The number of fused-ring (bicyclic) bond motifs is 1. The molecule has 3 atom stereocenters. The number of aromatic amines is 1. The van der Waals surface area contributed by atoms with E-state index in [1.807, 2.05) is 0 Å². The van der Waals surface area contributed by atoms with Crippen molar-refractivity contribution in [2.75, 3.05) is 14.1 Å². The third-order valence-electron chi connectivity index (χ3n) is 4.94. The molecule has 1 aliphatic carbocycles. The number of carbonyl (C=O) groups excluding carboxylic acids is 2. The van der Waals surface area contributed by atoms with Crippen LogP contribution in [0.2, 0.25) is 5.02 Å². The second-order valence-corrected chi connectivity index (χ2v) is 7.40. The van der Waals surface area contributed by atoms with Gasteiger partial charge in [-0.3, -0.25) is 9.59 Å². The normalized spacial score (nSPS) is 23.0. The summed E-state index contributed by atoms with van der Waals surface area (Å²) in [6.07, 6.45) is 1.82. The first-order valence-corrected chi connectivity index (χ1v) is 8.90. The largest absolute Gasteiger partial charge is 0.350 e. The molecule has 3 rings (SSSR count). The number of aromatic nitrogens is 1. The summed E-state index contributed by atoms with van der Waals surface area (Å²) in [6.45, 7) is 0. The number of H-pyrrole nitrogens is 1. The van der Waals surface area contributed by atoms with E-state index in [4.69, 9.17) is 17.3 Å². The topological polar surface area (TPSA) is 91.2 Å². The van der Waals surface area contributed by atoms with Gasteiger partial charge in [0.15, 0.2) is 5.82 Å². The van der Waals surface area contributed by atoms with Gasteiger partial charge in [0.2, 0.25) is 5.91 Å². The average Bonchev–Trinajstić information content (AvgIpc) is 3.04. The molecule has 1 aromatic heterocycles. The van der Waals surface area contributed by atoms with E-state index in [1.165, 1.54) is 12.1 Å². The van der Waals surface area contributed by atoms with Crippen LogP contribution in [0.1, 0.15) is 29.8 Å². The zero-order valence-corrected chi connectivity index (χ0v) is 15.4. The summed E-state index contributed by atoms with van der Waals surface area (Å²) in [4.78, 5) is 29.1. The summed E-state index contributed by atoms with van der Waals surface area (Å²) in [5.74, 6) is -0.959. The maximum Gasteiger partial charge on any atom is 0.268 e. The molecule has 0 spiro atoms. The summed E-state index contributed by atoms with van der Waals surface area (Å²) >= 11 is 5.78. The minimum absolute atomic E-state index is 0.00867. The lowest BCUT2D eigenvalue weighted by Gasteiger charge is -2.34. The van der Waals surface area contributed by atoms with Gasteiger partial charge in [-0.25, -0.2) is 4.39 Å². The fourth-order valence-corrected chi connectivity index (χ4v) is 3.65. The molecular weight excluding hydrogens is 359 g/mol. The van der Waals surface area contributed by atoms with Crippen LogP contribution >= 0.6 is 11.6 Å². The van der Waals surface area contributed by atoms with Crippen molar-refractivity contribution in [3.63, 3.8) is 0 Å². The molecule has 0 aliphatic heterocycles. The van der Waals surface area contributed by atoms with E-state index >= 15 is 0 Å². The molecule has 1 heterocycles. The Balaban J connectivity index is 1.69. The second kappa shape index (κ2) is 7.25. The van der Waals surface area contributed by atoms with Crippen molar-refractivity contribution in [2.24, 2.45) is 11.7 Å². The molecule has 4 N–H and O–H groups in total. The Hall–Kier alpha value is -2.12. The first-order chi connectivity index (χ1) is 12.3. The summed E-state index contributed by atoms with van der Waals surface area (Å²) in [6, 6.07) is 3.97. The van der Waals surface area contributed by atoms with Crippen LogP contribution < -0.4 is 11.1 Å². The van der Waals surface area contributed by atoms with Gasteiger partial charge in [0.1, 0.15) is 5.69 Å². The van der Waals surface area contributed by atoms with E-state index < -0.39 is 5.82 Å². The van der Waals surface area contributed by atoms with E-state index in [1.54, 1.807) is 25.1 Å². The number of rotatable bonds is 3. The molecule has 0 unspecified atom stereocenters. The van der Waals surface area contributed by atoms with E-state index in [-0.39, 0.29) is 45.9 Å². The highest BCUT2D eigenvalue weighted by Gasteiger charge is 2.33. The summed E-state index contributed by atoms with van der Waals surface area (Å²) in [5.41, 5.74) is 6.93. The van der Waals surface area contributed by atoms with Gasteiger partial charge in [-0.15, -0.1) is 0 Å². The number of carbonyl (C=O) groups is 2. The van der Waals surface area contributed by atoms with Crippen molar-refractivity contribution in [1.82, 2.24) is 15.2 Å². The van der Waals surface area contributed by atoms with Crippen molar-refractivity contribution in [1.29, 1.82) is 0 Å². The van der Waals surface area contributed by atoms with Crippen LogP contribution in [0.15, 0.2) is 18.2 Å². The van der Waals surface area contributed by atoms with E-state index in [0.29, 0.717) is 24.8 Å². The Morgan fingerprint density at radius 1 is 1.35 bits per heavy atom. The fourth-order valence-electron chi connectivity index (χ4n) is 3.48. The van der Waals surface area contributed by atoms with Gasteiger partial charge < -0.3 is 20.9 Å². The number of nitrogens with zero attached hydrogens (tertiary/aromatic N) is 1. The molecule has 6 nitrogen and oxygen atoms in total. The lowest BCUT2D eigenvalue weighted by Crippen LogP contribution is -2.52. The maximum absolute atomic E-state index is 14.0. The molecule has 8 heteroatoms. The van der Waals surface area contributed by atoms with Gasteiger partial charge in [-0.2, -0.15) is 0 Å². The van der Waals surface area contributed by atoms with Crippen molar-refractivity contribution in [2.45, 2.75) is 31.3 Å². The molecule has 26 heavy (non-hydrogen) atoms. The van der Waals surface area contributed by atoms with Gasteiger partial charge in [0.05, 0.1) is 5.02 Å². The van der Waals surface area contributed by atoms with Crippen LogP contribution in [0.25, 0.3) is 10.9 Å². The molecular formula is C18H22ClFN4O2. The number of amides is 2. The molecule has 1 saturated carbocycles. The number of nitrogens with two attached hydrogens (primary N) is 1. The summed E-state index contributed by atoms with van der Waals surface area (Å²) in [7, 11) is 3.45. The standard InChI is InChI=1S/C18H22ClFN4O2/c1-24(2)18(26)9-3-5-14(12(21)7-9)23-17(25)15-8-10-13(22-15)6-4-11(19)16(10)20/h4,6,8-9,12,14,22H,3,5,7,21H2,1-2H3,(H,23,25)/t9-,12-,14-/m0/s1. The van der Waals surface area contributed by atoms with E-state index in [9.17, 15) is 14.0 Å². The predicted octanol–water partition coefficient (Wildman–Crippen LogP) is 2.27. The van der Waals surface area contributed by atoms with Crippen LogP contribution in [0, 0.1) is 11.7 Å². The van der Waals surface area contributed by atoms with Crippen LogP contribution in [0.5, 0.6) is 0 Å². The lowest BCUT2D eigenvalue weighted by molar-refractivity contribution is -0.134. The highest BCUT2D eigenvalue weighted by Crippen LogP contribution is 2.27. The monoisotopic (exact) mass is 380 g/mol. The first-order valence-electron chi connectivity index (χ1n) is 8.52. The summed E-state index contributed by atoms with van der Waals surface area (Å²) < 4.78 is 14.0. The highest BCUT2D eigenvalue weighted by molar-refractivity contribution is 6.31. The smallest absolute Gasteiger partial charge is 0.268 e. The van der Waals surface area contributed by atoms with Crippen LogP contribution in [-0.4, -0.2) is 47.9 Å². The third kappa shape index (κ3) is 3.54. The lowest BCUT2D eigenvalue weighted by atomic mass is 9.82. The molecule has 2 aromatic rings. The van der Waals surface area contributed by atoms with Crippen molar-refractivity contribution in [3.05, 3.63) is 34.7 Å². The Morgan fingerprint density at radius 2 is 2.08 bits per heavy atom. The number of hydrogen-bond acceptors (Lipinski definition) is 3. The fraction of sp³-hybridized carbons (Fsp3) is 0.444. The first kappa shape index (κ1) is 18.7. The van der Waals surface area contributed by atoms with E-state index in [0.717, 1.165) is 0 Å². The molecule has 0 saturated heterocycles. The predicted molar refractivity (Wildman–Crippen MR) is 98.5 cm³/mol. The Kier molecular flexibility index (Phi) is 5.20. The molecule has 0 bridgehead atoms. The molecule has 0 radical (unpaired) electrons. The Morgan fingerprint density at radius 3 is 2.73 bits per heavy atom. The zero-order valence-electron chi connectivity index (χ0n) is 14.7. The van der Waals surface area contributed by atoms with Gasteiger partial charge >= 0.3 is 0 Å². The number of nitrogens with one attached hydrogen (secondary N) is 2. The van der Waals surface area contributed by atoms with Crippen LogP contribution in [0.4, 0.5) is 4.39 Å².